The van der Waals surface area contributed by atoms with E-state index in [2.05, 4.69) is 56.0 Å². The number of benzene rings is 4. The molecule has 0 aliphatic carbocycles. The van der Waals surface area contributed by atoms with Crippen molar-refractivity contribution in [3.8, 4) is 28.3 Å². The van der Waals surface area contributed by atoms with Gasteiger partial charge in [0.05, 0.1) is 11.6 Å². The third-order valence-electron chi connectivity index (χ3n) is 6.82. The molecule has 3 N–H and O–H groups in total. The predicted octanol–water partition coefficient (Wildman–Crippen LogP) is 6.57. The molecule has 2 atom stereocenters. The molecule has 39 heavy (non-hydrogen) atoms. The lowest BCUT2D eigenvalue weighted by Gasteiger charge is -2.17. The number of carbonyl (C=O) groups excluding carboxylic acids is 1. The molecular formula is C31H26N6O2. The first-order valence-electron chi connectivity index (χ1n) is 12.6. The number of aromatic nitrogens is 4. The highest BCUT2D eigenvalue weighted by atomic mass is 16.5. The zero-order valence-electron chi connectivity index (χ0n) is 21.3. The Bertz CT molecular complexity index is 1630. The fourth-order valence-corrected chi connectivity index (χ4v) is 4.99. The molecule has 8 heteroatoms. The fourth-order valence-electron chi connectivity index (χ4n) is 4.99. The summed E-state index contributed by atoms with van der Waals surface area (Å²) in [5, 5.41) is 20.4. The largest absolute Gasteiger partial charge is 0.483 e. The second-order valence-electron chi connectivity index (χ2n) is 9.39. The van der Waals surface area contributed by atoms with Gasteiger partial charge >= 0.3 is 6.03 Å². The third-order valence-corrected chi connectivity index (χ3v) is 6.82. The molecule has 4 aromatic carbocycles. The van der Waals surface area contributed by atoms with Gasteiger partial charge in [0.25, 0.3) is 0 Å². The van der Waals surface area contributed by atoms with Gasteiger partial charge in [-0.05, 0) is 58.3 Å². The summed E-state index contributed by atoms with van der Waals surface area (Å²) in [4.78, 5) is 13.1. The summed E-state index contributed by atoms with van der Waals surface area (Å²) in [6, 6.07) is 29.3. The molecule has 0 saturated heterocycles. The standard InChI is InChI=1S/C31H26N6O2/c1-3-27-28(20-9-5-4-6-10-20)25-17-21(23-11-7-8-12-24(23)30-34-36-37-35-30)18-26(29(25)39-27)33-31(38)32-22-15-13-19(2)14-16-22/h3-18,27-28H,1H2,2H3,(H2,32,33,38)(H,34,35,36,37)/t27-,28+/m0/s1. The summed E-state index contributed by atoms with van der Waals surface area (Å²) in [5.41, 5.74) is 7.07. The van der Waals surface area contributed by atoms with Crippen LogP contribution in [0.25, 0.3) is 22.5 Å². The minimum absolute atomic E-state index is 0.0986. The van der Waals surface area contributed by atoms with Crippen molar-refractivity contribution in [1.82, 2.24) is 20.6 Å². The van der Waals surface area contributed by atoms with Gasteiger partial charge in [-0.3, -0.25) is 0 Å². The number of aromatic amines is 1. The number of urea groups is 1. The molecule has 1 aromatic heterocycles. The maximum Gasteiger partial charge on any atom is 0.323 e. The molecule has 0 radical (unpaired) electrons. The van der Waals surface area contributed by atoms with Crippen LogP contribution in [0.5, 0.6) is 5.75 Å². The molecule has 1 aliphatic heterocycles. The Labute approximate surface area is 225 Å². The summed E-state index contributed by atoms with van der Waals surface area (Å²) in [7, 11) is 0. The first kappa shape index (κ1) is 24.1. The maximum absolute atomic E-state index is 13.1. The van der Waals surface area contributed by atoms with E-state index in [1.165, 1.54) is 0 Å². The molecule has 0 fully saturated rings. The highest BCUT2D eigenvalue weighted by Crippen LogP contribution is 2.49. The summed E-state index contributed by atoms with van der Waals surface area (Å²) in [5.74, 6) is 1.08. The van der Waals surface area contributed by atoms with Crippen LogP contribution in [-0.4, -0.2) is 32.8 Å². The van der Waals surface area contributed by atoms with Crippen LogP contribution in [-0.2, 0) is 0 Å². The van der Waals surface area contributed by atoms with Gasteiger partial charge in [-0.2, -0.15) is 0 Å². The van der Waals surface area contributed by atoms with Gasteiger partial charge < -0.3 is 15.4 Å². The van der Waals surface area contributed by atoms with Crippen LogP contribution in [0.2, 0.25) is 0 Å². The minimum atomic E-state index is -0.368. The van der Waals surface area contributed by atoms with Crippen LogP contribution in [0.1, 0.15) is 22.6 Å². The van der Waals surface area contributed by atoms with Crippen molar-refractivity contribution in [1.29, 1.82) is 0 Å². The Kier molecular flexibility index (Phi) is 6.34. The van der Waals surface area contributed by atoms with Gasteiger partial charge in [0.2, 0.25) is 0 Å². The molecule has 8 nitrogen and oxygen atoms in total. The second-order valence-corrected chi connectivity index (χ2v) is 9.39. The van der Waals surface area contributed by atoms with E-state index in [0.717, 1.165) is 33.4 Å². The number of fused-ring (bicyclic) bond motifs is 1. The Morgan fingerprint density at radius 2 is 1.69 bits per heavy atom. The first-order valence-corrected chi connectivity index (χ1v) is 12.6. The number of nitrogens with zero attached hydrogens (tertiary/aromatic N) is 3. The van der Waals surface area contributed by atoms with Gasteiger partial charge in [-0.25, -0.2) is 9.89 Å². The molecule has 0 unspecified atom stereocenters. The molecule has 6 rings (SSSR count). The van der Waals surface area contributed by atoms with E-state index in [4.69, 9.17) is 4.74 Å². The third kappa shape index (κ3) is 4.75. The van der Waals surface area contributed by atoms with Crippen LogP contribution >= 0.6 is 0 Å². The Morgan fingerprint density at radius 1 is 0.949 bits per heavy atom. The van der Waals surface area contributed by atoms with Crippen molar-refractivity contribution in [2.24, 2.45) is 0 Å². The lowest BCUT2D eigenvalue weighted by molar-refractivity contribution is 0.260. The monoisotopic (exact) mass is 514 g/mol. The molecule has 192 valence electrons. The zero-order valence-corrected chi connectivity index (χ0v) is 21.3. The summed E-state index contributed by atoms with van der Waals surface area (Å²) in [6.45, 7) is 6.03. The van der Waals surface area contributed by atoms with E-state index in [0.29, 0.717) is 22.9 Å². The number of H-pyrrole nitrogens is 1. The number of ether oxygens (including phenoxy) is 1. The van der Waals surface area contributed by atoms with E-state index in [1.54, 1.807) is 0 Å². The van der Waals surface area contributed by atoms with E-state index < -0.39 is 0 Å². The number of rotatable bonds is 6. The number of hydrogen-bond donors (Lipinski definition) is 3. The van der Waals surface area contributed by atoms with E-state index in [9.17, 15) is 4.79 Å². The lowest BCUT2D eigenvalue weighted by atomic mass is 9.86. The lowest BCUT2D eigenvalue weighted by Crippen LogP contribution is -2.20. The fraction of sp³-hybridized carbons (Fsp3) is 0.0968. The number of carbonyl (C=O) groups is 1. The van der Waals surface area contributed by atoms with Crippen molar-refractivity contribution in [3.05, 3.63) is 120 Å². The molecule has 2 heterocycles. The van der Waals surface area contributed by atoms with Crippen molar-refractivity contribution >= 4 is 17.4 Å². The van der Waals surface area contributed by atoms with Gasteiger partial charge in [-0.15, -0.1) is 5.10 Å². The van der Waals surface area contributed by atoms with Crippen LogP contribution in [0.4, 0.5) is 16.2 Å². The van der Waals surface area contributed by atoms with E-state index in [-0.39, 0.29) is 18.1 Å². The van der Waals surface area contributed by atoms with Gasteiger partial charge in [0, 0.05) is 16.8 Å². The highest BCUT2D eigenvalue weighted by Gasteiger charge is 2.36. The van der Waals surface area contributed by atoms with Gasteiger partial charge in [0.1, 0.15) is 11.9 Å². The minimum Gasteiger partial charge on any atom is -0.483 e. The van der Waals surface area contributed by atoms with Crippen molar-refractivity contribution in [3.63, 3.8) is 0 Å². The molecular weight excluding hydrogens is 488 g/mol. The van der Waals surface area contributed by atoms with Crippen molar-refractivity contribution in [2.75, 3.05) is 10.6 Å². The highest BCUT2D eigenvalue weighted by molar-refractivity contribution is 6.02. The number of anilines is 2. The second kappa shape index (κ2) is 10.3. The molecule has 5 aromatic rings. The van der Waals surface area contributed by atoms with Crippen LogP contribution in [0.15, 0.2) is 104 Å². The summed E-state index contributed by atoms with van der Waals surface area (Å²) in [6.07, 6.45) is 1.51. The molecule has 1 aliphatic rings. The number of aryl methyl sites for hydroxylation is 1. The Balaban J connectivity index is 1.47. The molecule has 0 spiro atoms. The van der Waals surface area contributed by atoms with Crippen LogP contribution in [0, 0.1) is 6.92 Å². The van der Waals surface area contributed by atoms with Crippen molar-refractivity contribution < 1.29 is 9.53 Å². The number of nitrogens with one attached hydrogen (secondary N) is 3. The topological polar surface area (TPSA) is 105 Å². The first-order chi connectivity index (χ1) is 19.1. The van der Waals surface area contributed by atoms with Crippen LogP contribution in [0.3, 0.4) is 0 Å². The number of hydrogen-bond acceptors (Lipinski definition) is 5. The van der Waals surface area contributed by atoms with Gasteiger partial charge in [0.15, 0.2) is 5.82 Å². The summed E-state index contributed by atoms with van der Waals surface area (Å²) >= 11 is 0. The predicted molar refractivity (Wildman–Crippen MR) is 152 cm³/mol. The smallest absolute Gasteiger partial charge is 0.323 e. The Hall–Kier alpha value is -5.24. The number of tetrazole rings is 1. The average Bonchev–Trinajstić information content (AvgIpc) is 3.63. The van der Waals surface area contributed by atoms with E-state index >= 15 is 0 Å². The van der Waals surface area contributed by atoms with Crippen LogP contribution < -0.4 is 15.4 Å². The van der Waals surface area contributed by atoms with Gasteiger partial charge in [-0.1, -0.05) is 84.9 Å². The molecule has 0 bridgehead atoms. The SMILES string of the molecule is C=C[C@@H]1Oc2c(NC(=O)Nc3ccc(C)cc3)cc(-c3ccccc3-c3nnn[nH]3)cc2[C@H]1c1ccccc1. The molecule has 2 amide bonds. The molecule has 0 saturated carbocycles. The summed E-state index contributed by atoms with van der Waals surface area (Å²) < 4.78 is 6.42. The number of amides is 2. The van der Waals surface area contributed by atoms with Crippen molar-refractivity contribution in [2.45, 2.75) is 18.9 Å². The normalized spacial score (nSPS) is 15.7. The quantitative estimate of drug-likeness (QED) is 0.223. The maximum atomic E-state index is 13.1. The Morgan fingerprint density at radius 3 is 2.41 bits per heavy atom. The van der Waals surface area contributed by atoms with E-state index in [1.807, 2.05) is 85.8 Å². The average molecular weight is 515 g/mol. The zero-order chi connectivity index (χ0) is 26.8.